The second kappa shape index (κ2) is 4.39. The molecule has 2 aromatic rings. The molecular formula is C17H18N2. The largest absolute Gasteiger partial charge is 0.369 e. The van der Waals surface area contributed by atoms with Crippen molar-refractivity contribution in [3.8, 4) is 11.1 Å². The number of fused-ring (bicyclic) bond motifs is 3. The second-order valence-corrected chi connectivity index (χ2v) is 5.37. The Bertz CT molecular complexity index is 612. The molecule has 0 radical (unpaired) electrons. The van der Waals surface area contributed by atoms with Crippen molar-refractivity contribution in [2.45, 2.75) is 6.42 Å². The molecule has 1 fully saturated rings. The van der Waals surface area contributed by atoms with E-state index in [-0.39, 0.29) is 0 Å². The van der Waals surface area contributed by atoms with Gasteiger partial charge in [-0.2, -0.15) is 0 Å². The molecule has 1 heterocycles. The van der Waals surface area contributed by atoms with Crippen molar-refractivity contribution in [3.05, 3.63) is 53.6 Å². The van der Waals surface area contributed by atoms with Gasteiger partial charge in [-0.1, -0.05) is 36.4 Å². The number of hydrogen-bond donors (Lipinski definition) is 1. The first-order valence-electron chi connectivity index (χ1n) is 7.09. The summed E-state index contributed by atoms with van der Waals surface area (Å²) in [6.07, 6.45) is 1.09. The first-order chi connectivity index (χ1) is 9.43. The molecule has 1 aliphatic carbocycles. The van der Waals surface area contributed by atoms with E-state index in [2.05, 4.69) is 52.7 Å². The van der Waals surface area contributed by atoms with Crippen molar-refractivity contribution in [2.24, 2.45) is 0 Å². The lowest BCUT2D eigenvalue weighted by Gasteiger charge is -2.31. The standard InChI is InChI=1S/C17H18N2/c1-2-5-14-13(4-1)12-16-15(14)6-3-7-17(16)19-10-8-18-9-11-19/h1-7,18H,8-12H2. The first kappa shape index (κ1) is 11.1. The van der Waals surface area contributed by atoms with Gasteiger partial charge in [-0.3, -0.25) is 0 Å². The molecule has 96 valence electrons. The Morgan fingerprint density at radius 2 is 1.63 bits per heavy atom. The lowest BCUT2D eigenvalue weighted by molar-refractivity contribution is 0.588. The minimum Gasteiger partial charge on any atom is -0.369 e. The minimum absolute atomic E-state index is 1.09. The Hall–Kier alpha value is -1.80. The van der Waals surface area contributed by atoms with Gasteiger partial charge in [0.15, 0.2) is 0 Å². The highest BCUT2D eigenvalue weighted by atomic mass is 15.2. The molecule has 0 atom stereocenters. The Morgan fingerprint density at radius 3 is 2.53 bits per heavy atom. The highest BCUT2D eigenvalue weighted by Crippen LogP contribution is 2.41. The molecule has 2 aliphatic rings. The van der Waals surface area contributed by atoms with Crippen LogP contribution in [0.25, 0.3) is 11.1 Å². The third kappa shape index (κ3) is 1.75. The first-order valence-corrected chi connectivity index (χ1v) is 7.09. The van der Waals surface area contributed by atoms with Crippen LogP contribution >= 0.6 is 0 Å². The summed E-state index contributed by atoms with van der Waals surface area (Å²) in [5.74, 6) is 0. The van der Waals surface area contributed by atoms with Crippen LogP contribution in [0.3, 0.4) is 0 Å². The smallest absolute Gasteiger partial charge is 0.0409 e. The monoisotopic (exact) mass is 250 g/mol. The van der Waals surface area contributed by atoms with Crippen molar-refractivity contribution < 1.29 is 0 Å². The summed E-state index contributed by atoms with van der Waals surface area (Å²) < 4.78 is 0. The Morgan fingerprint density at radius 1 is 0.842 bits per heavy atom. The number of piperazine rings is 1. The van der Waals surface area contributed by atoms with E-state index in [9.17, 15) is 0 Å². The molecular weight excluding hydrogens is 232 g/mol. The normalized spacial score (nSPS) is 17.2. The van der Waals surface area contributed by atoms with E-state index < -0.39 is 0 Å². The van der Waals surface area contributed by atoms with Crippen LogP contribution in [-0.4, -0.2) is 26.2 Å². The van der Waals surface area contributed by atoms with Gasteiger partial charge >= 0.3 is 0 Å². The van der Waals surface area contributed by atoms with E-state index in [4.69, 9.17) is 0 Å². The van der Waals surface area contributed by atoms with E-state index in [0.717, 1.165) is 32.6 Å². The summed E-state index contributed by atoms with van der Waals surface area (Å²) in [5.41, 5.74) is 7.29. The van der Waals surface area contributed by atoms with Gasteiger partial charge in [-0.05, 0) is 28.3 Å². The Kier molecular flexibility index (Phi) is 2.56. The zero-order chi connectivity index (χ0) is 12.7. The lowest BCUT2D eigenvalue weighted by Crippen LogP contribution is -2.43. The van der Waals surface area contributed by atoms with Gasteiger partial charge in [0.2, 0.25) is 0 Å². The number of anilines is 1. The Labute approximate surface area is 114 Å². The van der Waals surface area contributed by atoms with Crippen molar-refractivity contribution in [1.82, 2.24) is 5.32 Å². The number of nitrogens with zero attached hydrogens (tertiary/aromatic N) is 1. The van der Waals surface area contributed by atoms with Gasteiger partial charge in [-0.15, -0.1) is 0 Å². The number of hydrogen-bond acceptors (Lipinski definition) is 2. The van der Waals surface area contributed by atoms with E-state index in [0.29, 0.717) is 0 Å². The van der Waals surface area contributed by atoms with Gasteiger partial charge in [-0.25, -0.2) is 0 Å². The number of nitrogens with one attached hydrogen (secondary N) is 1. The molecule has 1 N–H and O–H groups in total. The second-order valence-electron chi connectivity index (χ2n) is 5.37. The fourth-order valence-electron chi connectivity index (χ4n) is 3.34. The third-order valence-electron chi connectivity index (χ3n) is 4.28. The molecule has 4 rings (SSSR count). The molecule has 19 heavy (non-hydrogen) atoms. The summed E-state index contributed by atoms with van der Waals surface area (Å²) in [4.78, 5) is 2.53. The van der Waals surface area contributed by atoms with Gasteiger partial charge < -0.3 is 10.2 Å². The summed E-state index contributed by atoms with van der Waals surface area (Å²) in [6.45, 7) is 4.42. The third-order valence-corrected chi connectivity index (χ3v) is 4.28. The van der Waals surface area contributed by atoms with Crippen LogP contribution in [0.5, 0.6) is 0 Å². The zero-order valence-electron chi connectivity index (χ0n) is 11.0. The van der Waals surface area contributed by atoms with E-state index in [1.165, 1.54) is 27.9 Å². The van der Waals surface area contributed by atoms with Crippen LogP contribution in [0, 0.1) is 0 Å². The minimum atomic E-state index is 1.09. The quantitative estimate of drug-likeness (QED) is 0.714. The van der Waals surface area contributed by atoms with Crippen LogP contribution in [0.4, 0.5) is 5.69 Å². The SMILES string of the molecule is c1ccc2c(c1)Cc1c-2cccc1N1CCNCC1. The lowest BCUT2D eigenvalue weighted by atomic mass is 10.0. The molecule has 1 aliphatic heterocycles. The van der Waals surface area contributed by atoms with Crippen LogP contribution in [0.15, 0.2) is 42.5 Å². The summed E-state index contributed by atoms with van der Waals surface area (Å²) in [6, 6.07) is 15.6. The molecule has 2 nitrogen and oxygen atoms in total. The maximum absolute atomic E-state index is 3.43. The molecule has 0 saturated carbocycles. The van der Waals surface area contributed by atoms with Crippen molar-refractivity contribution in [2.75, 3.05) is 31.1 Å². The van der Waals surface area contributed by atoms with Gasteiger partial charge in [0, 0.05) is 38.3 Å². The average molecular weight is 250 g/mol. The zero-order valence-corrected chi connectivity index (χ0v) is 11.0. The van der Waals surface area contributed by atoms with Crippen LogP contribution in [-0.2, 0) is 6.42 Å². The molecule has 2 aromatic carbocycles. The fraction of sp³-hybridized carbons (Fsp3) is 0.294. The van der Waals surface area contributed by atoms with Gasteiger partial charge in [0.1, 0.15) is 0 Å². The summed E-state index contributed by atoms with van der Waals surface area (Å²) in [5, 5.41) is 3.43. The maximum Gasteiger partial charge on any atom is 0.0409 e. The maximum atomic E-state index is 3.43. The van der Waals surface area contributed by atoms with Crippen LogP contribution in [0.2, 0.25) is 0 Å². The molecule has 2 heteroatoms. The predicted octanol–water partition coefficient (Wildman–Crippen LogP) is 2.67. The van der Waals surface area contributed by atoms with E-state index >= 15 is 0 Å². The molecule has 0 bridgehead atoms. The van der Waals surface area contributed by atoms with Crippen molar-refractivity contribution in [3.63, 3.8) is 0 Å². The van der Waals surface area contributed by atoms with Gasteiger partial charge in [0.05, 0.1) is 0 Å². The van der Waals surface area contributed by atoms with Gasteiger partial charge in [0.25, 0.3) is 0 Å². The van der Waals surface area contributed by atoms with Crippen molar-refractivity contribution in [1.29, 1.82) is 0 Å². The number of rotatable bonds is 1. The Balaban J connectivity index is 1.80. The average Bonchev–Trinajstić information content (AvgIpc) is 2.87. The highest BCUT2D eigenvalue weighted by Gasteiger charge is 2.23. The molecule has 0 spiro atoms. The molecule has 0 aromatic heterocycles. The van der Waals surface area contributed by atoms with Crippen molar-refractivity contribution >= 4 is 5.69 Å². The number of benzene rings is 2. The van der Waals surface area contributed by atoms with E-state index in [1.807, 2.05) is 0 Å². The molecule has 0 unspecified atom stereocenters. The summed E-state index contributed by atoms with van der Waals surface area (Å²) in [7, 11) is 0. The summed E-state index contributed by atoms with van der Waals surface area (Å²) >= 11 is 0. The van der Waals surface area contributed by atoms with E-state index in [1.54, 1.807) is 0 Å². The molecule has 0 amide bonds. The van der Waals surface area contributed by atoms with Crippen LogP contribution < -0.4 is 10.2 Å². The predicted molar refractivity (Wildman–Crippen MR) is 79.8 cm³/mol. The van der Waals surface area contributed by atoms with Crippen LogP contribution in [0.1, 0.15) is 11.1 Å². The topological polar surface area (TPSA) is 15.3 Å². The molecule has 1 saturated heterocycles. The fourth-order valence-corrected chi connectivity index (χ4v) is 3.34. The highest BCUT2D eigenvalue weighted by molar-refractivity contribution is 5.82.